The molecular weight excluding hydrogens is 286 g/mol. The van der Waals surface area contributed by atoms with Gasteiger partial charge in [0, 0.05) is 17.4 Å². The van der Waals surface area contributed by atoms with E-state index < -0.39 is 0 Å². The van der Waals surface area contributed by atoms with E-state index in [2.05, 4.69) is 31.2 Å². The van der Waals surface area contributed by atoms with Crippen molar-refractivity contribution in [2.24, 2.45) is 16.6 Å². The lowest BCUT2D eigenvalue weighted by molar-refractivity contribution is -0.121. The Bertz CT molecular complexity index is 501. The molecule has 2 aliphatic heterocycles. The van der Waals surface area contributed by atoms with Crippen LogP contribution in [0.4, 0.5) is 0 Å². The predicted octanol–water partition coefficient (Wildman–Crippen LogP) is 3.34. The number of benzene rings is 1. The zero-order chi connectivity index (χ0) is 16.2. The van der Waals surface area contributed by atoms with Crippen LogP contribution in [0.1, 0.15) is 43.7 Å². The molecule has 3 heteroatoms. The van der Waals surface area contributed by atoms with Crippen LogP contribution in [-0.2, 0) is 22.3 Å². The molecule has 0 aromatic heterocycles. The lowest BCUT2D eigenvalue weighted by Crippen LogP contribution is -2.48. The summed E-state index contributed by atoms with van der Waals surface area (Å²) >= 11 is 0. The molecule has 2 saturated heterocycles. The molecule has 23 heavy (non-hydrogen) atoms. The molecule has 0 amide bonds. The second kappa shape index (κ2) is 7.33. The first-order valence-corrected chi connectivity index (χ1v) is 9.13. The van der Waals surface area contributed by atoms with Gasteiger partial charge in [0.2, 0.25) is 0 Å². The molecule has 2 N–H and O–H groups in total. The topological polar surface area (TPSA) is 44.5 Å². The van der Waals surface area contributed by atoms with Gasteiger partial charge in [-0.15, -0.1) is 0 Å². The molecular formula is C20H31NO2. The van der Waals surface area contributed by atoms with Crippen LogP contribution >= 0.6 is 0 Å². The Morgan fingerprint density at radius 3 is 1.91 bits per heavy atom. The van der Waals surface area contributed by atoms with Gasteiger partial charge >= 0.3 is 0 Å². The van der Waals surface area contributed by atoms with Crippen molar-refractivity contribution in [3.05, 3.63) is 35.4 Å². The van der Waals surface area contributed by atoms with E-state index in [4.69, 9.17) is 15.2 Å². The van der Waals surface area contributed by atoms with Crippen LogP contribution in [0, 0.1) is 10.8 Å². The maximum Gasteiger partial charge on any atom is 0.0557 e. The van der Waals surface area contributed by atoms with Gasteiger partial charge in [-0.3, -0.25) is 0 Å². The van der Waals surface area contributed by atoms with Gasteiger partial charge in [0.25, 0.3) is 0 Å². The van der Waals surface area contributed by atoms with E-state index in [9.17, 15) is 0 Å². The Kier molecular flexibility index (Phi) is 5.40. The second-order valence-electron chi connectivity index (χ2n) is 7.76. The number of aryl methyl sites for hydroxylation is 2. The minimum Gasteiger partial charge on any atom is -0.380 e. The summed E-state index contributed by atoms with van der Waals surface area (Å²) in [6, 6.07) is 9.12. The van der Waals surface area contributed by atoms with Gasteiger partial charge in [-0.25, -0.2) is 0 Å². The van der Waals surface area contributed by atoms with Crippen LogP contribution in [0.2, 0.25) is 0 Å². The van der Waals surface area contributed by atoms with E-state index in [1.165, 1.54) is 36.8 Å². The maximum atomic E-state index is 5.92. The van der Waals surface area contributed by atoms with E-state index in [0.29, 0.717) is 5.41 Å². The summed E-state index contributed by atoms with van der Waals surface area (Å²) in [6.07, 6.45) is 7.23. The minimum atomic E-state index is 0.241. The maximum absolute atomic E-state index is 5.92. The summed E-state index contributed by atoms with van der Waals surface area (Å²) in [7, 11) is 0. The molecule has 0 atom stereocenters. The minimum absolute atomic E-state index is 0.241. The molecule has 3 rings (SSSR count). The van der Waals surface area contributed by atoms with Crippen LogP contribution in [-0.4, -0.2) is 33.0 Å². The molecule has 0 saturated carbocycles. The molecule has 2 aliphatic rings. The van der Waals surface area contributed by atoms with Crippen molar-refractivity contribution in [3.8, 4) is 0 Å². The van der Waals surface area contributed by atoms with Gasteiger partial charge in [-0.05, 0) is 43.2 Å². The van der Waals surface area contributed by atoms with E-state index in [-0.39, 0.29) is 5.41 Å². The molecule has 0 radical (unpaired) electrons. The Labute approximate surface area is 140 Å². The lowest BCUT2D eigenvalue weighted by atomic mass is 9.76. The first-order chi connectivity index (χ1) is 11.2. The van der Waals surface area contributed by atoms with Gasteiger partial charge in [0.15, 0.2) is 0 Å². The highest BCUT2D eigenvalue weighted by atomic mass is 16.5. The van der Waals surface area contributed by atoms with Crippen molar-refractivity contribution in [2.75, 3.05) is 33.0 Å². The van der Waals surface area contributed by atoms with Gasteiger partial charge in [0.05, 0.1) is 26.4 Å². The van der Waals surface area contributed by atoms with Gasteiger partial charge in [0.1, 0.15) is 0 Å². The third kappa shape index (κ3) is 3.96. The molecule has 1 aromatic rings. The summed E-state index contributed by atoms with van der Waals surface area (Å²) in [5, 5.41) is 0. The number of hydrogen-bond acceptors (Lipinski definition) is 3. The Morgan fingerprint density at radius 2 is 1.48 bits per heavy atom. The van der Waals surface area contributed by atoms with Crippen LogP contribution in [0.15, 0.2) is 24.3 Å². The standard InChI is InChI=1S/C20H31NO2/c1-2-8-19(13-22-14-19)9-6-17-4-3-5-18(11-17)7-10-20(12-21)15-23-16-20/h3-5,11H,2,6-10,12-16,21H2,1H3. The molecule has 3 nitrogen and oxygen atoms in total. The molecule has 0 spiro atoms. The van der Waals surface area contributed by atoms with Crippen molar-refractivity contribution in [1.82, 2.24) is 0 Å². The quantitative estimate of drug-likeness (QED) is 0.759. The first-order valence-electron chi connectivity index (χ1n) is 9.13. The largest absolute Gasteiger partial charge is 0.380 e. The van der Waals surface area contributed by atoms with E-state index in [1.54, 1.807) is 0 Å². The molecule has 0 unspecified atom stereocenters. The smallest absolute Gasteiger partial charge is 0.0557 e. The number of rotatable bonds is 9. The van der Waals surface area contributed by atoms with Crippen LogP contribution in [0.3, 0.4) is 0 Å². The van der Waals surface area contributed by atoms with Crippen molar-refractivity contribution in [1.29, 1.82) is 0 Å². The fourth-order valence-electron chi connectivity index (χ4n) is 3.85. The van der Waals surface area contributed by atoms with E-state index >= 15 is 0 Å². The Hall–Kier alpha value is -0.900. The zero-order valence-corrected chi connectivity index (χ0v) is 14.5. The lowest BCUT2D eigenvalue weighted by Gasteiger charge is -2.42. The summed E-state index contributed by atoms with van der Waals surface area (Å²) in [5.41, 5.74) is 9.52. The Balaban J connectivity index is 1.53. The van der Waals surface area contributed by atoms with Crippen molar-refractivity contribution in [2.45, 2.75) is 45.4 Å². The van der Waals surface area contributed by atoms with Crippen molar-refractivity contribution >= 4 is 0 Å². The number of hydrogen-bond donors (Lipinski definition) is 1. The highest BCUT2D eigenvalue weighted by Gasteiger charge is 2.37. The summed E-state index contributed by atoms with van der Waals surface area (Å²) in [5.74, 6) is 0. The summed E-state index contributed by atoms with van der Waals surface area (Å²) < 4.78 is 10.9. The number of ether oxygens (including phenoxy) is 2. The van der Waals surface area contributed by atoms with Gasteiger partial charge in [-0.1, -0.05) is 37.6 Å². The van der Waals surface area contributed by atoms with Gasteiger partial charge in [-0.2, -0.15) is 0 Å². The second-order valence-corrected chi connectivity index (χ2v) is 7.76. The number of nitrogens with two attached hydrogens (primary N) is 1. The third-order valence-electron chi connectivity index (χ3n) is 5.73. The fraction of sp³-hybridized carbons (Fsp3) is 0.700. The average Bonchev–Trinajstić information content (AvgIpc) is 2.50. The highest BCUT2D eigenvalue weighted by Crippen LogP contribution is 2.37. The first kappa shape index (κ1) is 16.9. The normalized spacial score (nSPS) is 21.5. The monoisotopic (exact) mass is 317 g/mol. The molecule has 0 aliphatic carbocycles. The van der Waals surface area contributed by atoms with Crippen LogP contribution in [0.25, 0.3) is 0 Å². The SMILES string of the molecule is CCCC1(CCc2cccc(CCC3(CN)COC3)c2)COC1. The van der Waals surface area contributed by atoms with Crippen LogP contribution in [0.5, 0.6) is 0 Å². The average molecular weight is 317 g/mol. The Morgan fingerprint density at radius 1 is 0.913 bits per heavy atom. The highest BCUT2D eigenvalue weighted by molar-refractivity contribution is 5.24. The van der Waals surface area contributed by atoms with Gasteiger partial charge < -0.3 is 15.2 Å². The molecule has 2 heterocycles. The van der Waals surface area contributed by atoms with Crippen molar-refractivity contribution < 1.29 is 9.47 Å². The zero-order valence-electron chi connectivity index (χ0n) is 14.5. The molecule has 0 bridgehead atoms. The molecule has 1 aromatic carbocycles. The predicted molar refractivity (Wildman–Crippen MR) is 93.6 cm³/mol. The molecule has 2 fully saturated rings. The summed E-state index contributed by atoms with van der Waals surface area (Å²) in [4.78, 5) is 0. The third-order valence-corrected chi connectivity index (χ3v) is 5.73. The fourth-order valence-corrected chi connectivity index (χ4v) is 3.85. The molecule has 128 valence electrons. The van der Waals surface area contributed by atoms with Crippen LogP contribution < -0.4 is 5.73 Å². The summed E-state index contributed by atoms with van der Waals surface area (Å²) in [6.45, 7) is 6.61. The van der Waals surface area contributed by atoms with Crippen molar-refractivity contribution in [3.63, 3.8) is 0 Å². The van der Waals surface area contributed by atoms with E-state index in [0.717, 1.165) is 45.8 Å². The van der Waals surface area contributed by atoms with E-state index in [1.807, 2.05) is 0 Å².